The number of rotatable bonds is 13. The molecular formula is C27H33F2N4O7P. The molecule has 3 rings (SSSR count). The number of phosphoric acid groups is 1. The predicted octanol–water partition coefficient (Wildman–Crippen LogP) is 5.86. The summed E-state index contributed by atoms with van der Waals surface area (Å²) in [4.78, 5) is 30.9. The maximum absolute atomic E-state index is 13.9. The highest BCUT2D eigenvalue weighted by atomic mass is 31.2. The number of hydrogen-bond donors (Lipinski definition) is 2. The molecule has 0 saturated carbocycles. The van der Waals surface area contributed by atoms with Crippen LogP contribution in [0.15, 0.2) is 54.7 Å². The Hall–Kier alpha value is -3.64. The molecule has 3 amide bonds. The van der Waals surface area contributed by atoms with Gasteiger partial charge in [0.25, 0.3) is 0 Å². The minimum Gasteiger partial charge on any atom is -0.443 e. The molecule has 0 aliphatic heterocycles. The summed E-state index contributed by atoms with van der Waals surface area (Å²) in [6, 6.07) is 12.0. The number of anilines is 1. The highest BCUT2D eigenvalue weighted by Crippen LogP contribution is 2.47. The summed E-state index contributed by atoms with van der Waals surface area (Å²) in [5, 5.41) is 6.89. The van der Waals surface area contributed by atoms with Gasteiger partial charge in [0.2, 0.25) is 0 Å². The van der Waals surface area contributed by atoms with Gasteiger partial charge in [0, 0.05) is 51.0 Å². The standard InChI is InChI=1S/C27H33F2N4O7P/c1-18(33(2)26(34)31-16-21-10-7-11-23(28)25(21)29)12-13-22(17-39-41(36,37-3)38-4)40-27(35)32-24-14-19-8-5-6-9-20(19)15-30-24/h5-11,14-15,18,22H,12-13,16-17H2,1-4H3,(H,31,34)(H,30,32,35). The minimum atomic E-state index is -3.86. The Labute approximate surface area is 236 Å². The third kappa shape index (κ3) is 9.19. The molecule has 2 aromatic carbocycles. The van der Waals surface area contributed by atoms with Crippen molar-refractivity contribution in [3.05, 3.63) is 71.9 Å². The van der Waals surface area contributed by atoms with Crippen LogP contribution in [0.25, 0.3) is 10.8 Å². The van der Waals surface area contributed by atoms with Crippen molar-refractivity contribution in [1.82, 2.24) is 15.2 Å². The number of ether oxygens (including phenoxy) is 1. The predicted molar refractivity (Wildman–Crippen MR) is 148 cm³/mol. The molecule has 0 fully saturated rings. The van der Waals surface area contributed by atoms with Gasteiger partial charge in [-0.1, -0.05) is 36.4 Å². The van der Waals surface area contributed by atoms with Crippen molar-refractivity contribution in [3.63, 3.8) is 0 Å². The first-order valence-electron chi connectivity index (χ1n) is 12.7. The van der Waals surface area contributed by atoms with Crippen LogP contribution in [0.4, 0.5) is 24.2 Å². The van der Waals surface area contributed by atoms with Crippen molar-refractivity contribution in [1.29, 1.82) is 0 Å². The van der Waals surface area contributed by atoms with Crippen LogP contribution in [-0.4, -0.2) is 62.0 Å². The Kier molecular flexibility index (Phi) is 11.5. The summed E-state index contributed by atoms with van der Waals surface area (Å²) >= 11 is 0. The molecule has 2 atom stereocenters. The molecule has 222 valence electrons. The normalized spacial score (nSPS) is 12.9. The van der Waals surface area contributed by atoms with Gasteiger partial charge in [-0.25, -0.2) is 27.9 Å². The second-order valence-electron chi connectivity index (χ2n) is 9.09. The van der Waals surface area contributed by atoms with Gasteiger partial charge in [-0.2, -0.15) is 0 Å². The largest absolute Gasteiger partial charge is 0.474 e. The molecule has 1 aromatic heterocycles. The van der Waals surface area contributed by atoms with Gasteiger partial charge in [0.15, 0.2) is 11.6 Å². The number of pyridine rings is 1. The second-order valence-corrected chi connectivity index (χ2v) is 11.0. The lowest BCUT2D eigenvalue weighted by molar-refractivity contribution is 0.0466. The molecule has 0 aliphatic carbocycles. The van der Waals surface area contributed by atoms with Crippen molar-refractivity contribution in [2.45, 2.75) is 38.5 Å². The Balaban J connectivity index is 1.59. The SMILES string of the molecule is COP(=O)(OC)OCC(CCC(C)N(C)C(=O)NCc1cccc(F)c1F)OC(=O)Nc1cc2ccccc2cn1. The molecule has 0 aliphatic rings. The van der Waals surface area contributed by atoms with Gasteiger partial charge in [-0.15, -0.1) is 0 Å². The molecule has 2 N–H and O–H groups in total. The van der Waals surface area contributed by atoms with Crippen molar-refractivity contribution in [2.75, 3.05) is 33.2 Å². The molecule has 11 nitrogen and oxygen atoms in total. The maximum Gasteiger partial charge on any atom is 0.474 e. The first-order valence-corrected chi connectivity index (χ1v) is 14.1. The van der Waals surface area contributed by atoms with Crippen molar-refractivity contribution < 1.29 is 41.2 Å². The first-order chi connectivity index (χ1) is 19.5. The third-order valence-electron chi connectivity index (χ3n) is 6.35. The van der Waals surface area contributed by atoms with Crippen LogP contribution in [0.1, 0.15) is 25.3 Å². The molecular weight excluding hydrogens is 561 g/mol. The van der Waals surface area contributed by atoms with E-state index >= 15 is 0 Å². The van der Waals surface area contributed by atoms with E-state index in [2.05, 4.69) is 15.6 Å². The van der Waals surface area contributed by atoms with E-state index in [0.717, 1.165) is 31.1 Å². The Morgan fingerprint density at radius 2 is 1.76 bits per heavy atom. The maximum atomic E-state index is 13.9. The fourth-order valence-corrected chi connectivity index (χ4v) is 4.48. The average molecular weight is 595 g/mol. The van der Waals surface area contributed by atoms with Crippen LogP contribution in [0.3, 0.4) is 0 Å². The number of nitrogens with one attached hydrogen (secondary N) is 2. The van der Waals surface area contributed by atoms with Gasteiger partial charge < -0.3 is 15.0 Å². The molecule has 0 spiro atoms. The van der Waals surface area contributed by atoms with Crippen molar-refractivity contribution in [2.24, 2.45) is 0 Å². The summed E-state index contributed by atoms with van der Waals surface area (Å²) in [6.07, 6.45) is 0.419. The van der Waals surface area contributed by atoms with Crippen LogP contribution in [0.5, 0.6) is 0 Å². The number of hydrogen-bond acceptors (Lipinski definition) is 8. The number of urea groups is 1. The highest BCUT2D eigenvalue weighted by molar-refractivity contribution is 7.48. The number of amides is 3. The van der Waals surface area contributed by atoms with Gasteiger partial charge >= 0.3 is 19.9 Å². The van der Waals surface area contributed by atoms with E-state index in [1.54, 1.807) is 19.2 Å². The number of halogens is 2. The Morgan fingerprint density at radius 1 is 1.05 bits per heavy atom. The molecule has 41 heavy (non-hydrogen) atoms. The number of benzene rings is 2. The number of fused-ring (bicyclic) bond motifs is 1. The van der Waals surface area contributed by atoms with Gasteiger partial charge in [-0.3, -0.25) is 18.9 Å². The highest BCUT2D eigenvalue weighted by Gasteiger charge is 2.27. The molecule has 2 unspecified atom stereocenters. The smallest absolute Gasteiger partial charge is 0.443 e. The lowest BCUT2D eigenvalue weighted by atomic mass is 10.1. The second kappa shape index (κ2) is 14.8. The zero-order valence-electron chi connectivity index (χ0n) is 23.1. The van der Waals surface area contributed by atoms with Crippen molar-refractivity contribution >= 4 is 36.5 Å². The molecule has 0 saturated heterocycles. The molecule has 0 radical (unpaired) electrons. The fourth-order valence-electron chi connectivity index (χ4n) is 3.77. The topological polar surface area (TPSA) is 128 Å². The summed E-state index contributed by atoms with van der Waals surface area (Å²) < 4.78 is 60.1. The molecule has 14 heteroatoms. The first kappa shape index (κ1) is 31.9. The lowest BCUT2D eigenvalue weighted by Crippen LogP contribution is -2.42. The quantitative estimate of drug-likeness (QED) is 0.236. The van der Waals surface area contributed by atoms with Gasteiger partial charge in [-0.05, 0) is 37.3 Å². The van der Waals surface area contributed by atoms with Gasteiger partial charge in [0.1, 0.15) is 11.9 Å². The summed E-state index contributed by atoms with van der Waals surface area (Å²) in [7, 11) is -0.00563. The minimum absolute atomic E-state index is 0.0117. The van der Waals surface area contributed by atoms with E-state index in [4.69, 9.17) is 18.3 Å². The summed E-state index contributed by atoms with van der Waals surface area (Å²) in [5.41, 5.74) is 0.0117. The van der Waals surface area contributed by atoms with E-state index in [1.807, 2.05) is 24.3 Å². The van der Waals surface area contributed by atoms with Gasteiger partial charge in [0.05, 0.1) is 6.61 Å². The monoisotopic (exact) mass is 594 g/mol. The van der Waals surface area contributed by atoms with Crippen LogP contribution in [0, 0.1) is 11.6 Å². The van der Waals surface area contributed by atoms with E-state index in [-0.39, 0.29) is 37.0 Å². The Morgan fingerprint density at radius 3 is 2.46 bits per heavy atom. The average Bonchev–Trinajstić information content (AvgIpc) is 2.98. The van der Waals surface area contributed by atoms with E-state index in [0.29, 0.717) is 6.42 Å². The number of carbonyl (C=O) groups is 2. The van der Waals surface area contributed by atoms with Crippen LogP contribution >= 0.6 is 7.82 Å². The summed E-state index contributed by atoms with van der Waals surface area (Å²) in [6.45, 7) is 1.24. The third-order valence-corrected chi connectivity index (χ3v) is 7.71. The van der Waals surface area contributed by atoms with Crippen LogP contribution < -0.4 is 10.6 Å². The molecule has 0 bridgehead atoms. The number of nitrogens with zero attached hydrogens (tertiary/aromatic N) is 2. The number of aromatic nitrogens is 1. The van der Waals surface area contributed by atoms with Crippen LogP contribution in [-0.2, 0) is 29.4 Å². The van der Waals surface area contributed by atoms with Crippen LogP contribution in [0.2, 0.25) is 0 Å². The molecule has 3 aromatic rings. The fraction of sp³-hybridized carbons (Fsp3) is 0.370. The van der Waals surface area contributed by atoms with Crippen molar-refractivity contribution in [3.8, 4) is 0 Å². The number of phosphoric ester groups is 1. The van der Waals surface area contributed by atoms with E-state index < -0.39 is 37.7 Å². The lowest BCUT2D eigenvalue weighted by Gasteiger charge is -2.27. The molecule has 1 heterocycles. The Bertz CT molecular complexity index is 1390. The summed E-state index contributed by atoms with van der Waals surface area (Å²) in [5.74, 6) is -1.75. The van der Waals surface area contributed by atoms with E-state index in [1.165, 1.54) is 24.1 Å². The van der Waals surface area contributed by atoms with E-state index in [9.17, 15) is 22.9 Å². The number of carbonyl (C=O) groups excluding carboxylic acids is 2. The zero-order chi connectivity index (χ0) is 30.0. The zero-order valence-corrected chi connectivity index (χ0v) is 24.0.